The van der Waals surface area contributed by atoms with Gasteiger partial charge in [0, 0.05) is 0 Å². The standard InChI is InChI=1S/C6H12N2O/c7-5-2-1-3-8-4-6(5)9/h5,8H,1-4,7H2. The van der Waals surface area contributed by atoms with Gasteiger partial charge in [-0.1, -0.05) is 0 Å². The van der Waals surface area contributed by atoms with Crippen molar-refractivity contribution in [1.82, 2.24) is 5.32 Å². The van der Waals surface area contributed by atoms with Crippen molar-refractivity contribution in [2.24, 2.45) is 5.73 Å². The van der Waals surface area contributed by atoms with E-state index in [0.29, 0.717) is 6.54 Å². The number of ketones is 1. The van der Waals surface area contributed by atoms with Gasteiger partial charge in [0.25, 0.3) is 0 Å². The van der Waals surface area contributed by atoms with Gasteiger partial charge in [-0.05, 0) is 19.4 Å². The van der Waals surface area contributed by atoms with Crippen LogP contribution in [-0.2, 0) is 4.79 Å². The van der Waals surface area contributed by atoms with Crippen molar-refractivity contribution in [3.05, 3.63) is 0 Å². The minimum absolute atomic E-state index is 0.146. The Kier molecular flexibility index (Phi) is 2.19. The van der Waals surface area contributed by atoms with E-state index in [0.717, 1.165) is 19.4 Å². The molecule has 0 aliphatic carbocycles. The van der Waals surface area contributed by atoms with Crippen molar-refractivity contribution in [2.75, 3.05) is 13.1 Å². The first-order valence-corrected chi connectivity index (χ1v) is 3.30. The van der Waals surface area contributed by atoms with Crippen LogP contribution in [0.3, 0.4) is 0 Å². The van der Waals surface area contributed by atoms with Crippen molar-refractivity contribution < 1.29 is 4.79 Å². The molecule has 3 heteroatoms. The largest absolute Gasteiger partial charge is 0.321 e. The normalized spacial score (nSPS) is 29.9. The maximum Gasteiger partial charge on any atom is 0.163 e. The molecule has 1 rings (SSSR count). The molecule has 0 saturated carbocycles. The van der Waals surface area contributed by atoms with Crippen LogP contribution < -0.4 is 11.1 Å². The van der Waals surface area contributed by atoms with E-state index in [1.165, 1.54) is 0 Å². The zero-order valence-electron chi connectivity index (χ0n) is 5.39. The van der Waals surface area contributed by atoms with Gasteiger partial charge < -0.3 is 11.1 Å². The van der Waals surface area contributed by atoms with E-state index in [-0.39, 0.29) is 11.8 Å². The van der Waals surface area contributed by atoms with Crippen molar-refractivity contribution >= 4 is 5.78 Å². The third kappa shape index (κ3) is 1.77. The molecular weight excluding hydrogens is 116 g/mol. The van der Waals surface area contributed by atoms with E-state index in [9.17, 15) is 4.79 Å². The Labute approximate surface area is 54.6 Å². The predicted molar refractivity (Wildman–Crippen MR) is 35.1 cm³/mol. The summed E-state index contributed by atoms with van der Waals surface area (Å²) in [4.78, 5) is 10.8. The highest BCUT2D eigenvalue weighted by atomic mass is 16.1. The van der Waals surface area contributed by atoms with Gasteiger partial charge in [0.1, 0.15) is 0 Å². The van der Waals surface area contributed by atoms with Crippen molar-refractivity contribution in [3.63, 3.8) is 0 Å². The molecule has 0 aromatic carbocycles. The number of carbonyl (C=O) groups is 1. The number of hydrogen-bond acceptors (Lipinski definition) is 3. The van der Waals surface area contributed by atoms with Crippen LogP contribution in [0.1, 0.15) is 12.8 Å². The summed E-state index contributed by atoms with van der Waals surface area (Å²) in [7, 11) is 0. The van der Waals surface area contributed by atoms with Crippen LogP contribution in [0.25, 0.3) is 0 Å². The number of rotatable bonds is 0. The SMILES string of the molecule is NC1CCCNCC1=O. The smallest absolute Gasteiger partial charge is 0.163 e. The highest BCUT2D eigenvalue weighted by molar-refractivity contribution is 5.85. The molecule has 1 aliphatic heterocycles. The lowest BCUT2D eigenvalue weighted by Crippen LogP contribution is -2.34. The molecule has 0 amide bonds. The summed E-state index contributed by atoms with van der Waals surface area (Å²) in [5.41, 5.74) is 5.49. The van der Waals surface area contributed by atoms with E-state index in [1.807, 2.05) is 0 Å². The van der Waals surface area contributed by atoms with Crippen LogP contribution in [0.4, 0.5) is 0 Å². The molecule has 0 spiro atoms. The summed E-state index contributed by atoms with van der Waals surface area (Å²) in [6.07, 6.45) is 1.86. The summed E-state index contributed by atoms with van der Waals surface area (Å²) in [6, 6.07) is -0.208. The molecule has 9 heavy (non-hydrogen) atoms. The monoisotopic (exact) mass is 128 g/mol. The minimum Gasteiger partial charge on any atom is -0.321 e. The summed E-state index contributed by atoms with van der Waals surface area (Å²) in [5, 5.41) is 3.00. The number of nitrogens with one attached hydrogen (secondary N) is 1. The molecule has 0 radical (unpaired) electrons. The maximum absolute atomic E-state index is 10.8. The van der Waals surface area contributed by atoms with E-state index in [1.54, 1.807) is 0 Å². The Morgan fingerprint density at radius 3 is 3.22 bits per heavy atom. The van der Waals surface area contributed by atoms with E-state index in [2.05, 4.69) is 5.32 Å². The van der Waals surface area contributed by atoms with Gasteiger partial charge in [-0.25, -0.2) is 0 Å². The number of nitrogens with two attached hydrogens (primary N) is 1. The summed E-state index contributed by atoms with van der Waals surface area (Å²) < 4.78 is 0. The fourth-order valence-electron chi connectivity index (χ4n) is 0.951. The Morgan fingerprint density at radius 2 is 2.44 bits per heavy atom. The average molecular weight is 128 g/mol. The first-order valence-electron chi connectivity index (χ1n) is 3.30. The number of hydrogen-bond donors (Lipinski definition) is 2. The molecular formula is C6H12N2O. The van der Waals surface area contributed by atoms with E-state index < -0.39 is 0 Å². The molecule has 1 saturated heterocycles. The average Bonchev–Trinajstić information content (AvgIpc) is 1.99. The van der Waals surface area contributed by atoms with Crippen LogP contribution in [0, 0.1) is 0 Å². The quantitative estimate of drug-likeness (QED) is 0.452. The van der Waals surface area contributed by atoms with Crippen LogP contribution in [0.5, 0.6) is 0 Å². The second kappa shape index (κ2) is 2.94. The van der Waals surface area contributed by atoms with Crippen LogP contribution in [-0.4, -0.2) is 24.9 Å². The Balaban J connectivity index is 2.41. The third-order valence-electron chi connectivity index (χ3n) is 1.58. The topological polar surface area (TPSA) is 55.1 Å². The lowest BCUT2D eigenvalue weighted by Gasteiger charge is -2.02. The van der Waals surface area contributed by atoms with Crippen LogP contribution in [0.2, 0.25) is 0 Å². The molecule has 1 fully saturated rings. The Bertz CT molecular complexity index is 114. The van der Waals surface area contributed by atoms with Gasteiger partial charge >= 0.3 is 0 Å². The van der Waals surface area contributed by atoms with Gasteiger partial charge in [-0.3, -0.25) is 4.79 Å². The molecule has 0 bridgehead atoms. The molecule has 0 aromatic rings. The zero-order valence-corrected chi connectivity index (χ0v) is 5.39. The molecule has 1 atom stereocenters. The zero-order chi connectivity index (χ0) is 6.69. The van der Waals surface area contributed by atoms with E-state index >= 15 is 0 Å². The summed E-state index contributed by atoms with van der Waals surface area (Å²) in [5.74, 6) is 0.146. The molecule has 1 aliphatic rings. The van der Waals surface area contributed by atoms with E-state index in [4.69, 9.17) is 5.73 Å². The highest BCUT2D eigenvalue weighted by Crippen LogP contribution is 1.97. The maximum atomic E-state index is 10.8. The molecule has 1 unspecified atom stereocenters. The van der Waals surface area contributed by atoms with Gasteiger partial charge in [0.05, 0.1) is 12.6 Å². The van der Waals surface area contributed by atoms with Crippen molar-refractivity contribution in [3.8, 4) is 0 Å². The van der Waals surface area contributed by atoms with Gasteiger partial charge in [-0.2, -0.15) is 0 Å². The van der Waals surface area contributed by atoms with Gasteiger partial charge in [-0.15, -0.1) is 0 Å². The molecule has 1 heterocycles. The van der Waals surface area contributed by atoms with Crippen molar-refractivity contribution in [1.29, 1.82) is 0 Å². The molecule has 0 aromatic heterocycles. The fourth-order valence-corrected chi connectivity index (χ4v) is 0.951. The third-order valence-corrected chi connectivity index (χ3v) is 1.58. The predicted octanol–water partition coefficient (Wildman–Crippen LogP) is -0.734. The summed E-state index contributed by atoms with van der Waals surface area (Å²) >= 11 is 0. The lowest BCUT2D eigenvalue weighted by molar-refractivity contribution is -0.119. The lowest BCUT2D eigenvalue weighted by atomic mass is 10.1. The van der Waals surface area contributed by atoms with Crippen LogP contribution >= 0.6 is 0 Å². The molecule has 52 valence electrons. The van der Waals surface area contributed by atoms with Gasteiger partial charge in [0.15, 0.2) is 5.78 Å². The molecule has 3 N–H and O–H groups in total. The minimum atomic E-state index is -0.208. The van der Waals surface area contributed by atoms with Gasteiger partial charge in [0.2, 0.25) is 0 Å². The second-order valence-corrected chi connectivity index (χ2v) is 2.39. The summed E-state index contributed by atoms with van der Waals surface area (Å²) in [6.45, 7) is 1.39. The highest BCUT2D eigenvalue weighted by Gasteiger charge is 2.14. The Morgan fingerprint density at radius 1 is 1.67 bits per heavy atom. The number of carbonyl (C=O) groups excluding carboxylic acids is 1. The molecule has 3 nitrogen and oxygen atoms in total. The fraction of sp³-hybridized carbons (Fsp3) is 0.833. The first-order chi connectivity index (χ1) is 4.30. The number of Topliss-reactive ketones (excluding diaryl/α,β-unsaturated/α-hetero) is 1. The van der Waals surface area contributed by atoms with Crippen molar-refractivity contribution in [2.45, 2.75) is 18.9 Å². The second-order valence-electron chi connectivity index (χ2n) is 2.39. The first kappa shape index (κ1) is 6.71. The van der Waals surface area contributed by atoms with Crippen LogP contribution in [0.15, 0.2) is 0 Å². The Hall–Kier alpha value is -0.410.